The number of nitrogens with zero attached hydrogens (tertiary/aromatic N) is 1. The summed E-state index contributed by atoms with van der Waals surface area (Å²) in [5.74, 6) is -2.21. The highest BCUT2D eigenvalue weighted by molar-refractivity contribution is 5.86. The Hall–Kier alpha value is -4.21. The minimum atomic E-state index is -1.42. The van der Waals surface area contributed by atoms with Crippen LogP contribution in [0.2, 0.25) is 0 Å². The summed E-state index contributed by atoms with van der Waals surface area (Å²) in [6.07, 6.45) is -2.50. The maximum Gasteiger partial charge on any atom is 0.305 e. The molecule has 2 amide bonds. The molecule has 0 unspecified atom stereocenters. The molecule has 0 aliphatic heterocycles. The monoisotopic (exact) mass is 691 g/mol. The third kappa shape index (κ3) is 14.7. The van der Waals surface area contributed by atoms with Crippen LogP contribution >= 0.6 is 0 Å². The van der Waals surface area contributed by atoms with E-state index in [2.05, 4.69) is 36.8 Å². The molecule has 0 saturated heterocycles. The SMILES string of the molecule is CNCCN(CCNC)C[C@H](O)NCc1cccc(CNC(=O)[C@H](CC(=O)O)N[C@@H](O)[C@H](Cc2ccc(-c3ccccc3)cc2)NC(C)=O)c1. The third-order valence-corrected chi connectivity index (χ3v) is 8.14. The number of aliphatic carboxylic acids is 1. The van der Waals surface area contributed by atoms with Gasteiger partial charge in [0.15, 0.2) is 0 Å². The minimum Gasteiger partial charge on any atom is -0.481 e. The number of aliphatic hydroxyl groups excluding tert-OH is 2. The molecule has 13 nitrogen and oxygen atoms in total. The fraction of sp³-hybridized carbons (Fsp3) is 0.432. The lowest BCUT2D eigenvalue weighted by molar-refractivity contribution is -0.140. The number of likely N-dealkylation sites (N-methyl/N-ethyl adjacent to an activating group) is 2. The van der Waals surface area contributed by atoms with Crippen LogP contribution < -0.4 is 31.9 Å². The standard InChI is InChI=1S/C37H53N7O6/c1-26(45)42-32(21-27-12-14-31(15-13-27)30-10-5-4-6-11-30)37(50)43-33(22-35(47)48)36(49)41-24-29-9-7-8-28(20-29)23-40-34(46)25-44(18-16-38-2)19-17-39-3/h4-15,20,32-34,37-40,43,46,50H,16-19,21-25H2,1-3H3,(H,41,49)(H,42,45)(H,47,48)/t32-,33-,34-,37-/m0/s1. The van der Waals surface area contributed by atoms with Crippen LogP contribution in [0.1, 0.15) is 30.0 Å². The van der Waals surface area contributed by atoms with Gasteiger partial charge in [-0.2, -0.15) is 0 Å². The summed E-state index contributed by atoms with van der Waals surface area (Å²) in [5.41, 5.74) is 4.59. The second kappa shape index (κ2) is 21.8. The van der Waals surface area contributed by atoms with Gasteiger partial charge in [-0.25, -0.2) is 0 Å². The maximum atomic E-state index is 13.2. The predicted molar refractivity (Wildman–Crippen MR) is 194 cm³/mol. The van der Waals surface area contributed by atoms with Crippen molar-refractivity contribution in [1.29, 1.82) is 0 Å². The molecule has 0 fully saturated rings. The van der Waals surface area contributed by atoms with Crippen molar-refractivity contribution in [3.05, 3.63) is 95.6 Å². The zero-order valence-electron chi connectivity index (χ0n) is 29.2. The zero-order valence-corrected chi connectivity index (χ0v) is 29.2. The van der Waals surface area contributed by atoms with E-state index in [0.29, 0.717) is 13.1 Å². The quantitative estimate of drug-likeness (QED) is 0.0635. The van der Waals surface area contributed by atoms with Gasteiger partial charge in [0.25, 0.3) is 0 Å². The summed E-state index contributed by atoms with van der Waals surface area (Å²) in [6.45, 7) is 5.55. The first-order chi connectivity index (χ1) is 24.1. The lowest BCUT2D eigenvalue weighted by Gasteiger charge is -2.28. The lowest BCUT2D eigenvalue weighted by atomic mass is 9.99. The fourth-order valence-electron chi connectivity index (χ4n) is 5.49. The Labute approximate surface area is 294 Å². The molecule has 0 saturated carbocycles. The number of hydrogen-bond donors (Lipinski definition) is 9. The highest BCUT2D eigenvalue weighted by Crippen LogP contribution is 2.20. The zero-order chi connectivity index (χ0) is 36.3. The number of benzene rings is 3. The van der Waals surface area contributed by atoms with Gasteiger partial charge in [0.05, 0.1) is 18.5 Å². The van der Waals surface area contributed by atoms with Crippen LogP contribution in [0.5, 0.6) is 0 Å². The summed E-state index contributed by atoms with van der Waals surface area (Å²) in [5, 5.41) is 48.9. The highest BCUT2D eigenvalue weighted by atomic mass is 16.4. The van der Waals surface area contributed by atoms with Crippen LogP contribution in [0.15, 0.2) is 78.9 Å². The van der Waals surface area contributed by atoms with E-state index in [0.717, 1.165) is 54.0 Å². The first-order valence-electron chi connectivity index (χ1n) is 16.9. The Morgan fingerprint density at radius 2 is 1.40 bits per heavy atom. The topological polar surface area (TPSA) is 187 Å². The molecule has 50 heavy (non-hydrogen) atoms. The van der Waals surface area contributed by atoms with Crippen LogP contribution in [0.3, 0.4) is 0 Å². The van der Waals surface area contributed by atoms with Crippen LogP contribution in [-0.2, 0) is 33.9 Å². The van der Waals surface area contributed by atoms with Crippen molar-refractivity contribution in [2.75, 3.05) is 46.8 Å². The van der Waals surface area contributed by atoms with Crippen molar-refractivity contribution in [2.45, 2.75) is 57.4 Å². The van der Waals surface area contributed by atoms with Gasteiger partial charge in [-0.1, -0.05) is 78.9 Å². The Bertz CT molecular complexity index is 1450. The second-order valence-corrected chi connectivity index (χ2v) is 12.3. The summed E-state index contributed by atoms with van der Waals surface area (Å²) in [4.78, 5) is 39.1. The number of nitrogens with one attached hydrogen (secondary N) is 6. The van der Waals surface area contributed by atoms with Crippen LogP contribution in [-0.4, -0.2) is 109 Å². The van der Waals surface area contributed by atoms with Gasteiger partial charge in [0.1, 0.15) is 12.5 Å². The van der Waals surface area contributed by atoms with Crippen LogP contribution in [0, 0.1) is 0 Å². The Kier molecular flexibility index (Phi) is 17.5. The molecule has 0 aliphatic carbocycles. The summed E-state index contributed by atoms with van der Waals surface area (Å²) >= 11 is 0. The number of carboxylic acids is 1. The van der Waals surface area contributed by atoms with E-state index in [1.54, 1.807) is 0 Å². The summed E-state index contributed by atoms with van der Waals surface area (Å²) in [6, 6.07) is 23.0. The number of carbonyl (C=O) groups excluding carboxylic acids is 2. The van der Waals surface area contributed by atoms with E-state index in [1.807, 2.05) is 93.0 Å². The van der Waals surface area contributed by atoms with E-state index >= 15 is 0 Å². The molecule has 9 N–H and O–H groups in total. The molecule has 3 aromatic rings. The molecule has 272 valence electrons. The third-order valence-electron chi connectivity index (χ3n) is 8.14. The van der Waals surface area contributed by atoms with Crippen LogP contribution in [0.25, 0.3) is 11.1 Å². The maximum absolute atomic E-state index is 13.2. The van der Waals surface area contributed by atoms with Gasteiger partial charge < -0.3 is 36.6 Å². The summed E-state index contributed by atoms with van der Waals surface area (Å²) < 4.78 is 0. The van der Waals surface area contributed by atoms with E-state index in [1.165, 1.54) is 6.92 Å². The van der Waals surface area contributed by atoms with E-state index in [9.17, 15) is 29.7 Å². The average Bonchev–Trinajstić information content (AvgIpc) is 3.10. The molecule has 3 aromatic carbocycles. The van der Waals surface area contributed by atoms with Crippen molar-refractivity contribution in [3.8, 4) is 11.1 Å². The average molecular weight is 692 g/mol. The first-order valence-corrected chi connectivity index (χ1v) is 16.9. The van der Waals surface area contributed by atoms with Gasteiger partial charge in [-0.05, 0) is 48.3 Å². The molecule has 0 radical (unpaired) electrons. The normalized spacial score (nSPS) is 13.7. The number of hydrogen-bond acceptors (Lipinski definition) is 10. The van der Waals surface area contributed by atoms with Gasteiger partial charge in [0.2, 0.25) is 11.8 Å². The molecular formula is C37H53N7O6. The number of carbonyl (C=O) groups is 3. The number of aliphatic hydroxyl groups is 2. The van der Waals surface area contributed by atoms with Gasteiger partial charge in [0, 0.05) is 52.7 Å². The molecule has 0 aliphatic rings. The van der Waals surface area contributed by atoms with Crippen molar-refractivity contribution < 1.29 is 29.7 Å². The molecule has 0 aromatic heterocycles. The smallest absolute Gasteiger partial charge is 0.305 e. The van der Waals surface area contributed by atoms with Crippen molar-refractivity contribution in [1.82, 2.24) is 36.8 Å². The lowest BCUT2D eigenvalue weighted by Crippen LogP contribution is -2.57. The Balaban J connectivity index is 1.58. The van der Waals surface area contributed by atoms with Gasteiger partial charge in [-0.3, -0.25) is 29.9 Å². The molecule has 0 spiro atoms. The summed E-state index contributed by atoms with van der Waals surface area (Å²) in [7, 11) is 3.79. The molecule has 3 rings (SSSR count). The van der Waals surface area contributed by atoms with Crippen LogP contribution in [0.4, 0.5) is 0 Å². The van der Waals surface area contributed by atoms with Crippen molar-refractivity contribution in [3.63, 3.8) is 0 Å². The Morgan fingerprint density at radius 3 is 2.00 bits per heavy atom. The fourth-order valence-corrected chi connectivity index (χ4v) is 5.49. The largest absolute Gasteiger partial charge is 0.481 e. The number of rotatable bonds is 23. The van der Waals surface area contributed by atoms with Gasteiger partial charge >= 0.3 is 5.97 Å². The Morgan fingerprint density at radius 1 is 0.780 bits per heavy atom. The molecule has 4 atom stereocenters. The minimum absolute atomic E-state index is 0.119. The highest BCUT2D eigenvalue weighted by Gasteiger charge is 2.28. The van der Waals surface area contributed by atoms with Crippen molar-refractivity contribution in [2.24, 2.45) is 0 Å². The predicted octanol–water partition coefficient (Wildman–Crippen LogP) is 0.617. The molecule has 0 heterocycles. The molecular weight excluding hydrogens is 638 g/mol. The van der Waals surface area contributed by atoms with Crippen molar-refractivity contribution >= 4 is 17.8 Å². The first kappa shape index (κ1) is 40.2. The molecule has 13 heteroatoms. The van der Waals surface area contributed by atoms with E-state index in [4.69, 9.17) is 0 Å². The van der Waals surface area contributed by atoms with E-state index < -0.39 is 42.8 Å². The second-order valence-electron chi connectivity index (χ2n) is 12.3. The number of carboxylic acid groups (broad SMARTS) is 1. The molecule has 0 bridgehead atoms. The van der Waals surface area contributed by atoms with E-state index in [-0.39, 0.29) is 18.9 Å². The van der Waals surface area contributed by atoms with Gasteiger partial charge in [-0.15, -0.1) is 0 Å². The number of amides is 2.